The molecule has 1 N–H and O–H groups in total. The molecule has 4 heteroatoms. The Hall–Kier alpha value is -1.26. The van der Waals surface area contributed by atoms with Crippen molar-refractivity contribution in [3.8, 4) is 0 Å². The van der Waals surface area contributed by atoms with E-state index in [4.69, 9.17) is 0 Å². The summed E-state index contributed by atoms with van der Waals surface area (Å²) in [5, 5.41) is 4.72. The molecule has 0 spiro atoms. The van der Waals surface area contributed by atoms with Gasteiger partial charge in [-0.1, -0.05) is 0 Å². The van der Waals surface area contributed by atoms with Gasteiger partial charge in [0.15, 0.2) is 0 Å². The Morgan fingerprint density at radius 2 is 1.78 bits per heavy atom. The molecular weight excluding hydrogens is 242 g/mol. The lowest BCUT2D eigenvalue weighted by atomic mass is 10.1. The second kappa shape index (κ2) is 5.59. The highest BCUT2D eigenvalue weighted by Crippen LogP contribution is 2.24. The summed E-state index contributed by atoms with van der Waals surface area (Å²) in [6.07, 6.45) is 3.66. The highest BCUT2D eigenvalue weighted by molar-refractivity contribution is 7.11. The smallest absolute Gasteiger partial charge is 0.0900 e. The van der Waals surface area contributed by atoms with Gasteiger partial charge in [0.1, 0.15) is 0 Å². The van der Waals surface area contributed by atoms with Crippen molar-refractivity contribution in [1.82, 2.24) is 15.3 Å². The third-order valence-electron chi connectivity index (χ3n) is 3.06. The van der Waals surface area contributed by atoms with Crippen LogP contribution in [-0.2, 0) is 0 Å². The molecule has 2 aromatic heterocycles. The summed E-state index contributed by atoms with van der Waals surface area (Å²) < 4.78 is 0. The van der Waals surface area contributed by atoms with Gasteiger partial charge in [-0.05, 0) is 45.4 Å². The molecule has 96 valence electrons. The number of aromatic nitrogens is 2. The van der Waals surface area contributed by atoms with Crippen molar-refractivity contribution in [2.75, 3.05) is 0 Å². The topological polar surface area (TPSA) is 37.8 Å². The molecule has 2 rings (SSSR count). The number of pyridine rings is 1. The van der Waals surface area contributed by atoms with Gasteiger partial charge in [0.25, 0.3) is 0 Å². The fourth-order valence-corrected chi connectivity index (χ4v) is 3.06. The SMILES string of the molecule is Cc1nc(C(C)NC(C)c2ccncc2)c(C)s1. The van der Waals surface area contributed by atoms with Crippen LogP contribution in [-0.4, -0.2) is 9.97 Å². The van der Waals surface area contributed by atoms with E-state index in [1.165, 1.54) is 16.1 Å². The summed E-state index contributed by atoms with van der Waals surface area (Å²) >= 11 is 1.76. The zero-order valence-electron chi connectivity index (χ0n) is 11.3. The number of nitrogens with zero attached hydrogens (tertiary/aromatic N) is 2. The fraction of sp³-hybridized carbons (Fsp3) is 0.429. The van der Waals surface area contributed by atoms with E-state index in [9.17, 15) is 0 Å². The van der Waals surface area contributed by atoms with Gasteiger partial charge < -0.3 is 5.32 Å². The van der Waals surface area contributed by atoms with Gasteiger partial charge in [0.2, 0.25) is 0 Å². The molecule has 0 fully saturated rings. The second-order valence-corrected chi connectivity index (χ2v) is 5.97. The molecule has 0 aromatic carbocycles. The minimum absolute atomic E-state index is 0.262. The first kappa shape index (κ1) is 13.2. The lowest BCUT2D eigenvalue weighted by molar-refractivity contribution is 0.486. The lowest BCUT2D eigenvalue weighted by Gasteiger charge is -2.19. The molecule has 2 atom stereocenters. The molecule has 0 aliphatic carbocycles. The van der Waals surface area contributed by atoms with E-state index in [0.29, 0.717) is 6.04 Å². The molecule has 2 heterocycles. The van der Waals surface area contributed by atoms with Crippen LogP contribution in [0, 0.1) is 13.8 Å². The van der Waals surface area contributed by atoms with Crippen molar-refractivity contribution in [3.63, 3.8) is 0 Å². The van der Waals surface area contributed by atoms with E-state index in [2.05, 4.69) is 43.0 Å². The lowest BCUT2D eigenvalue weighted by Crippen LogP contribution is -2.23. The summed E-state index contributed by atoms with van der Waals surface area (Å²) in [5.41, 5.74) is 2.42. The Morgan fingerprint density at radius 1 is 1.11 bits per heavy atom. The summed E-state index contributed by atoms with van der Waals surface area (Å²) in [4.78, 5) is 9.95. The van der Waals surface area contributed by atoms with Gasteiger partial charge in [0, 0.05) is 29.4 Å². The summed E-state index contributed by atoms with van der Waals surface area (Å²) in [7, 11) is 0. The van der Waals surface area contributed by atoms with Crippen molar-refractivity contribution < 1.29 is 0 Å². The largest absolute Gasteiger partial charge is 0.302 e. The van der Waals surface area contributed by atoms with Crippen LogP contribution in [0.2, 0.25) is 0 Å². The van der Waals surface area contributed by atoms with Crippen LogP contribution in [0.15, 0.2) is 24.5 Å². The first-order chi connectivity index (χ1) is 8.58. The van der Waals surface area contributed by atoms with Crippen LogP contribution in [0.5, 0.6) is 0 Å². The molecule has 0 aliphatic rings. The fourth-order valence-electron chi connectivity index (χ4n) is 2.15. The minimum Gasteiger partial charge on any atom is -0.302 e. The van der Waals surface area contributed by atoms with Crippen LogP contribution in [0.3, 0.4) is 0 Å². The molecule has 2 unspecified atom stereocenters. The van der Waals surface area contributed by atoms with Crippen molar-refractivity contribution in [1.29, 1.82) is 0 Å². The average Bonchev–Trinajstić information content (AvgIpc) is 2.69. The maximum atomic E-state index is 4.60. The quantitative estimate of drug-likeness (QED) is 0.914. The van der Waals surface area contributed by atoms with Gasteiger partial charge in [-0.25, -0.2) is 4.98 Å². The average molecular weight is 261 g/mol. The Morgan fingerprint density at radius 3 is 2.33 bits per heavy atom. The predicted molar refractivity (Wildman–Crippen MR) is 75.8 cm³/mol. The van der Waals surface area contributed by atoms with E-state index in [0.717, 1.165) is 5.01 Å². The highest BCUT2D eigenvalue weighted by Gasteiger charge is 2.15. The van der Waals surface area contributed by atoms with Gasteiger partial charge in [-0.3, -0.25) is 4.98 Å². The van der Waals surface area contributed by atoms with Gasteiger partial charge in [0.05, 0.1) is 10.7 Å². The molecule has 0 bridgehead atoms. The van der Waals surface area contributed by atoms with E-state index < -0.39 is 0 Å². The number of rotatable bonds is 4. The first-order valence-corrected chi connectivity index (χ1v) is 6.99. The minimum atomic E-state index is 0.262. The molecule has 18 heavy (non-hydrogen) atoms. The Kier molecular flexibility index (Phi) is 4.09. The normalized spacial score (nSPS) is 14.4. The van der Waals surface area contributed by atoms with E-state index in [1.807, 2.05) is 24.5 Å². The van der Waals surface area contributed by atoms with E-state index in [1.54, 1.807) is 11.3 Å². The monoisotopic (exact) mass is 261 g/mol. The maximum absolute atomic E-state index is 4.60. The van der Waals surface area contributed by atoms with Crippen LogP contribution >= 0.6 is 11.3 Å². The molecular formula is C14H19N3S. The maximum Gasteiger partial charge on any atom is 0.0900 e. The van der Waals surface area contributed by atoms with Crippen LogP contribution in [0.25, 0.3) is 0 Å². The zero-order chi connectivity index (χ0) is 13.1. The number of thiazole rings is 1. The Bertz CT molecular complexity index is 507. The molecule has 0 saturated carbocycles. The predicted octanol–water partition coefficient (Wildman–Crippen LogP) is 3.57. The third kappa shape index (κ3) is 2.94. The molecule has 0 saturated heterocycles. The standard InChI is InChI=1S/C14H19N3S/c1-9(13-5-7-15-8-6-13)16-10(2)14-11(3)18-12(4)17-14/h5-10,16H,1-4H3. The second-order valence-electron chi connectivity index (χ2n) is 4.56. The molecule has 0 amide bonds. The van der Waals surface area contributed by atoms with Gasteiger partial charge in [-0.2, -0.15) is 0 Å². The molecule has 3 nitrogen and oxygen atoms in total. The van der Waals surface area contributed by atoms with Crippen molar-refractivity contribution in [2.24, 2.45) is 0 Å². The third-order valence-corrected chi connectivity index (χ3v) is 3.96. The van der Waals surface area contributed by atoms with Crippen LogP contribution in [0.4, 0.5) is 0 Å². The zero-order valence-corrected chi connectivity index (χ0v) is 12.1. The van der Waals surface area contributed by atoms with Gasteiger partial charge in [-0.15, -0.1) is 11.3 Å². The molecule has 0 radical (unpaired) electrons. The first-order valence-electron chi connectivity index (χ1n) is 6.18. The summed E-state index contributed by atoms with van der Waals surface area (Å²) in [5.74, 6) is 0. The van der Waals surface area contributed by atoms with Crippen molar-refractivity contribution >= 4 is 11.3 Å². The van der Waals surface area contributed by atoms with Crippen molar-refractivity contribution in [3.05, 3.63) is 45.7 Å². The summed E-state index contributed by atoms with van der Waals surface area (Å²) in [6, 6.07) is 4.65. The van der Waals surface area contributed by atoms with Crippen LogP contribution in [0.1, 0.15) is 47.1 Å². The molecule has 0 aliphatic heterocycles. The number of hydrogen-bond donors (Lipinski definition) is 1. The number of hydrogen-bond acceptors (Lipinski definition) is 4. The van der Waals surface area contributed by atoms with Crippen LogP contribution < -0.4 is 5.32 Å². The highest BCUT2D eigenvalue weighted by atomic mass is 32.1. The molecule has 2 aromatic rings. The number of aryl methyl sites for hydroxylation is 2. The van der Waals surface area contributed by atoms with E-state index in [-0.39, 0.29) is 6.04 Å². The Balaban J connectivity index is 2.08. The summed E-state index contributed by atoms with van der Waals surface area (Å²) in [6.45, 7) is 8.52. The van der Waals surface area contributed by atoms with E-state index >= 15 is 0 Å². The van der Waals surface area contributed by atoms with Crippen molar-refractivity contribution in [2.45, 2.75) is 39.8 Å². The van der Waals surface area contributed by atoms with Gasteiger partial charge >= 0.3 is 0 Å². The Labute approximate surface area is 112 Å². The number of nitrogens with one attached hydrogen (secondary N) is 1.